The second-order valence-corrected chi connectivity index (χ2v) is 4.28. The van der Waals surface area contributed by atoms with Crippen molar-refractivity contribution in [1.82, 2.24) is 9.78 Å². The summed E-state index contributed by atoms with van der Waals surface area (Å²) < 4.78 is 1.62. The fourth-order valence-corrected chi connectivity index (χ4v) is 1.88. The Bertz CT molecular complexity index is 668. The Morgan fingerprint density at radius 1 is 1.44 bits per heavy atom. The molecule has 18 heavy (non-hydrogen) atoms. The first-order valence-corrected chi connectivity index (χ1v) is 5.67. The smallest absolute Gasteiger partial charge is 0.150 e. The third-order valence-corrected chi connectivity index (χ3v) is 3.26. The number of benzene rings is 1. The van der Waals surface area contributed by atoms with Crippen LogP contribution < -0.4 is 0 Å². The number of carbonyl (C=O) groups excluding carboxylic acids is 1. The van der Waals surface area contributed by atoms with Crippen LogP contribution in [0.15, 0.2) is 18.2 Å². The number of nitrogens with zero attached hydrogens (tertiary/aromatic N) is 3. The fraction of sp³-hybridized carbons (Fsp3) is 0.154. The summed E-state index contributed by atoms with van der Waals surface area (Å²) in [6.45, 7) is 3.63. The Morgan fingerprint density at radius 2 is 2.17 bits per heavy atom. The molecule has 2 aromatic rings. The van der Waals surface area contributed by atoms with Gasteiger partial charge in [-0.25, -0.2) is 4.68 Å². The Balaban J connectivity index is 2.68. The normalized spacial score (nSPS) is 10.1. The van der Waals surface area contributed by atoms with Gasteiger partial charge in [-0.2, -0.15) is 10.4 Å². The molecule has 90 valence electrons. The lowest BCUT2D eigenvalue weighted by Crippen LogP contribution is -2.02. The molecule has 0 spiro atoms. The Labute approximate surface area is 109 Å². The van der Waals surface area contributed by atoms with Crippen molar-refractivity contribution < 1.29 is 4.79 Å². The van der Waals surface area contributed by atoms with Gasteiger partial charge in [-0.1, -0.05) is 11.6 Å². The van der Waals surface area contributed by atoms with E-state index < -0.39 is 0 Å². The molecule has 2 rings (SSSR count). The van der Waals surface area contributed by atoms with E-state index in [4.69, 9.17) is 16.9 Å². The van der Waals surface area contributed by atoms with E-state index in [1.54, 1.807) is 23.7 Å². The van der Waals surface area contributed by atoms with E-state index in [1.807, 2.05) is 6.92 Å². The molecule has 0 aliphatic rings. The monoisotopic (exact) mass is 259 g/mol. The topological polar surface area (TPSA) is 58.7 Å². The molecule has 0 atom stereocenters. The molecule has 5 heteroatoms. The second kappa shape index (κ2) is 4.63. The quantitative estimate of drug-likeness (QED) is 0.779. The van der Waals surface area contributed by atoms with Gasteiger partial charge >= 0.3 is 0 Å². The summed E-state index contributed by atoms with van der Waals surface area (Å²) in [6, 6.07) is 6.94. The largest absolute Gasteiger partial charge is 0.298 e. The SMILES string of the molecule is Cc1nn(-c2ccc(C=O)cc2C#N)c(C)c1Cl. The van der Waals surface area contributed by atoms with Gasteiger partial charge in [0.15, 0.2) is 0 Å². The highest BCUT2D eigenvalue weighted by molar-refractivity contribution is 6.31. The Morgan fingerprint density at radius 3 is 2.67 bits per heavy atom. The van der Waals surface area contributed by atoms with Gasteiger partial charge in [0.25, 0.3) is 0 Å². The van der Waals surface area contributed by atoms with Gasteiger partial charge in [-0.3, -0.25) is 4.79 Å². The van der Waals surface area contributed by atoms with Crippen LogP contribution in [0.25, 0.3) is 5.69 Å². The van der Waals surface area contributed by atoms with E-state index in [-0.39, 0.29) is 0 Å². The molecule has 0 fully saturated rings. The van der Waals surface area contributed by atoms with E-state index >= 15 is 0 Å². The van der Waals surface area contributed by atoms with E-state index in [0.717, 1.165) is 5.69 Å². The van der Waals surface area contributed by atoms with Crippen LogP contribution in [0, 0.1) is 25.2 Å². The number of rotatable bonds is 2. The number of hydrogen-bond donors (Lipinski definition) is 0. The third kappa shape index (κ3) is 1.89. The maximum Gasteiger partial charge on any atom is 0.150 e. The first kappa shape index (κ1) is 12.3. The van der Waals surface area contributed by atoms with Gasteiger partial charge in [0, 0.05) is 5.56 Å². The van der Waals surface area contributed by atoms with Gasteiger partial charge < -0.3 is 0 Å². The minimum atomic E-state index is 0.391. The molecule has 0 aliphatic heterocycles. The summed E-state index contributed by atoms with van der Waals surface area (Å²) in [4.78, 5) is 10.7. The number of aldehydes is 1. The highest BCUT2D eigenvalue weighted by atomic mass is 35.5. The van der Waals surface area contributed by atoms with Crippen LogP contribution >= 0.6 is 11.6 Å². The van der Waals surface area contributed by atoms with E-state index in [0.29, 0.717) is 33.8 Å². The van der Waals surface area contributed by atoms with Crippen molar-refractivity contribution in [3.63, 3.8) is 0 Å². The Hall–Kier alpha value is -2.12. The molecule has 1 aromatic heterocycles. The molecule has 0 saturated heterocycles. The number of nitriles is 1. The van der Waals surface area contributed by atoms with Crippen molar-refractivity contribution in [3.8, 4) is 11.8 Å². The maximum absolute atomic E-state index is 10.7. The van der Waals surface area contributed by atoms with Crippen molar-refractivity contribution in [2.24, 2.45) is 0 Å². The molecule has 0 bridgehead atoms. The van der Waals surface area contributed by atoms with E-state index in [9.17, 15) is 4.79 Å². The summed E-state index contributed by atoms with van der Waals surface area (Å²) in [5, 5.41) is 14.0. The Kier molecular flexibility index (Phi) is 3.17. The van der Waals surface area contributed by atoms with Crippen molar-refractivity contribution in [3.05, 3.63) is 45.7 Å². The minimum absolute atomic E-state index is 0.391. The van der Waals surface area contributed by atoms with Crippen molar-refractivity contribution >= 4 is 17.9 Å². The third-order valence-electron chi connectivity index (χ3n) is 2.71. The summed E-state index contributed by atoms with van der Waals surface area (Å²) in [5.41, 5.74) is 2.95. The van der Waals surface area contributed by atoms with Crippen LogP contribution in [-0.4, -0.2) is 16.1 Å². The molecule has 1 heterocycles. The zero-order valence-electron chi connectivity index (χ0n) is 9.94. The van der Waals surface area contributed by atoms with Gasteiger partial charge in [-0.05, 0) is 32.0 Å². The molecular weight excluding hydrogens is 250 g/mol. The predicted octanol–water partition coefficient (Wildman–Crippen LogP) is 2.83. The average molecular weight is 260 g/mol. The van der Waals surface area contributed by atoms with Crippen LogP contribution in [0.2, 0.25) is 5.02 Å². The summed E-state index contributed by atoms with van der Waals surface area (Å²) in [6.07, 6.45) is 0.707. The first-order valence-electron chi connectivity index (χ1n) is 5.30. The lowest BCUT2D eigenvalue weighted by molar-refractivity contribution is 0.112. The highest BCUT2D eigenvalue weighted by Crippen LogP contribution is 2.24. The van der Waals surface area contributed by atoms with Crippen molar-refractivity contribution in [2.45, 2.75) is 13.8 Å². The molecule has 0 radical (unpaired) electrons. The zero-order valence-corrected chi connectivity index (χ0v) is 10.7. The standard InChI is InChI=1S/C13H10ClN3O/c1-8-13(14)9(2)17(16-8)12-4-3-10(7-18)5-11(12)6-15/h3-5,7H,1-2H3. The number of hydrogen-bond acceptors (Lipinski definition) is 3. The molecule has 0 N–H and O–H groups in total. The maximum atomic E-state index is 10.7. The van der Waals surface area contributed by atoms with Crippen LogP contribution in [0.4, 0.5) is 0 Å². The summed E-state index contributed by atoms with van der Waals surface area (Å²) in [7, 11) is 0. The van der Waals surface area contributed by atoms with Gasteiger partial charge in [-0.15, -0.1) is 0 Å². The second-order valence-electron chi connectivity index (χ2n) is 3.90. The van der Waals surface area contributed by atoms with Crippen LogP contribution in [-0.2, 0) is 0 Å². The van der Waals surface area contributed by atoms with Crippen molar-refractivity contribution in [2.75, 3.05) is 0 Å². The molecule has 0 aliphatic carbocycles. The summed E-state index contributed by atoms with van der Waals surface area (Å²) in [5.74, 6) is 0. The lowest BCUT2D eigenvalue weighted by atomic mass is 10.1. The van der Waals surface area contributed by atoms with Gasteiger partial charge in [0.2, 0.25) is 0 Å². The minimum Gasteiger partial charge on any atom is -0.298 e. The number of carbonyl (C=O) groups is 1. The van der Waals surface area contributed by atoms with E-state index in [2.05, 4.69) is 11.2 Å². The van der Waals surface area contributed by atoms with Crippen LogP contribution in [0.1, 0.15) is 27.3 Å². The average Bonchev–Trinajstić information content (AvgIpc) is 2.65. The van der Waals surface area contributed by atoms with Gasteiger partial charge in [0.05, 0.1) is 27.7 Å². The first-order chi connectivity index (χ1) is 8.58. The number of aromatic nitrogens is 2. The van der Waals surface area contributed by atoms with Crippen LogP contribution in [0.3, 0.4) is 0 Å². The van der Waals surface area contributed by atoms with Gasteiger partial charge in [0.1, 0.15) is 12.4 Å². The molecule has 4 nitrogen and oxygen atoms in total. The zero-order chi connectivity index (χ0) is 13.3. The summed E-state index contributed by atoms with van der Waals surface area (Å²) >= 11 is 6.08. The lowest BCUT2D eigenvalue weighted by Gasteiger charge is -2.06. The fourth-order valence-electron chi connectivity index (χ4n) is 1.76. The molecule has 1 aromatic carbocycles. The molecule has 0 unspecified atom stereocenters. The van der Waals surface area contributed by atoms with Crippen LogP contribution in [0.5, 0.6) is 0 Å². The highest BCUT2D eigenvalue weighted by Gasteiger charge is 2.13. The molecular formula is C13H10ClN3O. The molecule has 0 saturated carbocycles. The predicted molar refractivity (Wildman–Crippen MR) is 68.2 cm³/mol. The number of halogens is 1. The van der Waals surface area contributed by atoms with E-state index in [1.165, 1.54) is 6.07 Å². The molecule has 0 amide bonds. The van der Waals surface area contributed by atoms with Crippen molar-refractivity contribution in [1.29, 1.82) is 5.26 Å². The number of aryl methyl sites for hydroxylation is 1.